The van der Waals surface area contributed by atoms with E-state index in [1.54, 1.807) is 6.26 Å². The smallest absolute Gasteiger partial charge is 0.181 e. The molecule has 0 amide bonds. The third kappa shape index (κ3) is 1.80. The second-order valence-corrected chi connectivity index (χ2v) is 4.05. The van der Waals surface area contributed by atoms with E-state index in [4.69, 9.17) is 8.83 Å². The molecular formula is C14H14N2O2. The average Bonchev–Trinajstić information content (AvgIpc) is 3.02. The molecule has 18 heavy (non-hydrogen) atoms. The Labute approximate surface area is 105 Å². The highest BCUT2D eigenvalue weighted by Gasteiger charge is 2.15. The summed E-state index contributed by atoms with van der Waals surface area (Å²) >= 11 is 0. The predicted octanol–water partition coefficient (Wildman–Crippen LogP) is 3.20. The summed E-state index contributed by atoms with van der Waals surface area (Å²) in [5.74, 6) is 0.779. The standard InChI is InChI=1S/C14H14N2O2/c1-2-15-7-12-14(18-9-16-12)11-8-17-13-6-4-3-5-10(11)13/h3-6,8-9,15H,2,7H2,1H3. The number of benzene rings is 1. The maximum absolute atomic E-state index is 5.52. The van der Waals surface area contributed by atoms with E-state index < -0.39 is 0 Å². The summed E-state index contributed by atoms with van der Waals surface area (Å²) in [5, 5.41) is 4.30. The van der Waals surface area contributed by atoms with Crippen molar-refractivity contribution in [2.75, 3.05) is 6.54 Å². The number of hydrogen-bond acceptors (Lipinski definition) is 4. The van der Waals surface area contributed by atoms with Crippen molar-refractivity contribution in [1.29, 1.82) is 0 Å². The van der Waals surface area contributed by atoms with E-state index in [1.807, 2.05) is 24.3 Å². The second kappa shape index (κ2) is 4.66. The number of oxazole rings is 1. The van der Waals surface area contributed by atoms with Crippen LogP contribution in [0.5, 0.6) is 0 Å². The minimum absolute atomic E-state index is 0.696. The van der Waals surface area contributed by atoms with Gasteiger partial charge in [-0.1, -0.05) is 25.1 Å². The molecule has 3 aromatic rings. The van der Waals surface area contributed by atoms with Crippen molar-refractivity contribution in [3.05, 3.63) is 42.6 Å². The van der Waals surface area contributed by atoms with Gasteiger partial charge in [0.1, 0.15) is 17.5 Å². The number of hydrogen-bond donors (Lipinski definition) is 1. The zero-order chi connectivity index (χ0) is 12.4. The first-order chi connectivity index (χ1) is 8.90. The summed E-state index contributed by atoms with van der Waals surface area (Å²) in [7, 11) is 0. The van der Waals surface area contributed by atoms with Crippen LogP contribution in [0.3, 0.4) is 0 Å². The Morgan fingerprint density at radius 1 is 1.22 bits per heavy atom. The Morgan fingerprint density at radius 3 is 3.00 bits per heavy atom. The maximum Gasteiger partial charge on any atom is 0.181 e. The molecule has 0 spiro atoms. The quantitative estimate of drug-likeness (QED) is 0.763. The summed E-state index contributed by atoms with van der Waals surface area (Å²) in [6.45, 7) is 3.66. The zero-order valence-corrected chi connectivity index (χ0v) is 10.1. The lowest BCUT2D eigenvalue weighted by molar-refractivity contribution is 0.566. The fraction of sp³-hybridized carbons (Fsp3) is 0.214. The first kappa shape index (κ1) is 11.0. The fourth-order valence-corrected chi connectivity index (χ4v) is 2.01. The predicted molar refractivity (Wildman–Crippen MR) is 69.1 cm³/mol. The molecule has 0 bridgehead atoms. The maximum atomic E-state index is 5.52. The Bertz CT molecular complexity index is 654. The van der Waals surface area contributed by atoms with Crippen LogP contribution in [0.25, 0.3) is 22.3 Å². The van der Waals surface area contributed by atoms with Crippen molar-refractivity contribution in [1.82, 2.24) is 10.3 Å². The van der Waals surface area contributed by atoms with Crippen LogP contribution in [0.15, 0.2) is 45.8 Å². The number of aromatic nitrogens is 1. The van der Waals surface area contributed by atoms with E-state index in [2.05, 4.69) is 17.2 Å². The minimum Gasteiger partial charge on any atom is -0.464 e. The van der Waals surface area contributed by atoms with E-state index in [1.165, 1.54) is 6.39 Å². The van der Waals surface area contributed by atoms with Crippen LogP contribution in [0.2, 0.25) is 0 Å². The van der Waals surface area contributed by atoms with E-state index in [9.17, 15) is 0 Å². The number of nitrogens with zero attached hydrogens (tertiary/aromatic N) is 1. The molecular weight excluding hydrogens is 228 g/mol. The van der Waals surface area contributed by atoms with Gasteiger partial charge in [-0.05, 0) is 12.6 Å². The van der Waals surface area contributed by atoms with Crippen molar-refractivity contribution >= 4 is 11.0 Å². The molecule has 0 fully saturated rings. The number of rotatable bonds is 4. The Hall–Kier alpha value is -2.07. The van der Waals surface area contributed by atoms with Crippen molar-refractivity contribution < 1.29 is 8.83 Å². The van der Waals surface area contributed by atoms with E-state index in [-0.39, 0.29) is 0 Å². The monoisotopic (exact) mass is 242 g/mol. The molecule has 0 saturated carbocycles. The molecule has 0 unspecified atom stereocenters. The van der Waals surface area contributed by atoms with Gasteiger partial charge in [0, 0.05) is 11.9 Å². The van der Waals surface area contributed by atoms with Crippen LogP contribution in [0.4, 0.5) is 0 Å². The van der Waals surface area contributed by atoms with Gasteiger partial charge in [-0.2, -0.15) is 0 Å². The highest BCUT2D eigenvalue weighted by Crippen LogP contribution is 2.32. The number of furan rings is 1. The number of nitrogens with one attached hydrogen (secondary N) is 1. The molecule has 1 N–H and O–H groups in total. The first-order valence-corrected chi connectivity index (χ1v) is 6.00. The summed E-state index contributed by atoms with van der Waals surface area (Å²) in [6, 6.07) is 7.91. The van der Waals surface area contributed by atoms with Gasteiger partial charge >= 0.3 is 0 Å². The van der Waals surface area contributed by atoms with E-state index >= 15 is 0 Å². The Balaban J connectivity index is 2.06. The molecule has 0 atom stereocenters. The number of para-hydroxylation sites is 1. The summed E-state index contributed by atoms with van der Waals surface area (Å²) in [4.78, 5) is 4.25. The van der Waals surface area contributed by atoms with Crippen molar-refractivity contribution in [3.8, 4) is 11.3 Å². The molecule has 0 aliphatic heterocycles. The van der Waals surface area contributed by atoms with Gasteiger partial charge in [0.15, 0.2) is 12.2 Å². The van der Waals surface area contributed by atoms with Crippen molar-refractivity contribution in [2.24, 2.45) is 0 Å². The molecule has 2 aromatic heterocycles. The van der Waals surface area contributed by atoms with Crippen LogP contribution >= 0.6 is 0 Å². The average molecular weight is 242 g/mol. The van der Waals surface area contributed by atoms with Crippen LogP contribution in [0, 0.1) is 0 Å². The molecule has 92 valence electrons. The van der Waals surface area contributed by atoms with Crippen molar-refractivity contribution in [3.63, 3.8) is 0 Å². The van der Waals surface area contributed by atoms with Crippen LogP contribution in [-0.2, 0) is 6.54 Å². The summed E-state index contributed by atoms with van der Waals surface area (Å²) < 4.78 is 11.0. The lowest BCUT2D eigenvalue weighted by Crippen LogP contribution is -2.12. The number of fused-ring (bicyclic) bond motifs is 1. The fourth-order valence-electron chi connectivity index (χ4n) is 2.01. The highest BCUT2D eigenvalue weighted by atomic mass is 16.3. The van der Waals surface area contributed by atoms with Gasteiger partial charge in [-0.3, -0.25) is 0 Å². The Morgan fingerprint density at radius 2 is 2.11 bits per heavy atom. The highest BCUT2D eigenvalue weighted by molar-refractivity contribution is 5.92. The summed E-state index contributed by atoms with van der Waals surface area (Å²) in [6.07, 6.45) is 3.20. The van der Waals surface area contributed by atoms with E-state index in [0.717, 1.165) is 34.5 Å². The summed E-state index contributed by atoms with van der Waals surface area (Å²) in [5.41, 5.74) is 2.72. The molecule has 0 aliphatic carbocycles. The normalized spacial score (nSPS) is 11.2. The molecule has 0 saturated heterocycles. The van der Waals surface area contributed by atoms with Crippen LogP contribution < -0.4 is 5.32 Å². The van der Waals surface area contributed by atoms with Gasteiger partial charge in [-0.25, -0.2) is 4.98 Å². The van der Waals surface area contributed by atoms with E-state index in [0.29, 0.717) is 6.54 Å². The van der Waals surface area contributed by atoms with Gasteiger partial charge in [-0.15, -0.1) is 0 Å². The Kier molecular flexibility index (Phi) is 2.86. The van der Waals surface area contributed by atoms with Crippen LogP contribution in [0.1, 0.15) is 12.6 Å². The van der Waals surface area contributed by atoms with Crippen molar-refractivity contribution in [2.45, 2.75) is 13.5 Å². The molecule has 4 nitrogen and oxygen atoms in total. The lowest BCUT2D eigenvalue weighted by Gasteiger charge is -2.00. The molecule has 0 aliphatic rings. The van der Waals surface area contributed by atoms with Gasteiger partial charge in [0.2, 0.25) is 0 Å². The van der Waals surface area contributed by atoms with Crippen LogP contribution in [-0.4, -0.2) is 11.5 Å². The third-order valence-electron chi connectivity index (χ3n) is 2.91. The minimum atomic E-state index is 0.696. The second-order valence-electron chi connectivity index (χ2n) is 4.05. The van der Waals surface area contributed by atoms with Gasteiger partial charge < -0.3 is 14.2 Å². The van der Waals surface area contributed by atoms with Gasteiger partial charge in [0.25, 0.3) is 0 Å². The zero-order valence-electron chi connectivity index (χ0n) is 10.1. The topological polar surface area (TPSA) is 51.2 Å². The molecule has 3 rings (SSSR count). The first-order valence-electron chi connectivity index (χ1n) is 6.00. The SMILES string of the molecule is CCNCc1ncoc1-c1coc2ccccc12. The largest absolute Gasteiger partial charge is 0.464 e. The molecule has 0 radical (unpaired) electrons. The molecule has 4 heteroatoms. The molecule has 2 heterocycles. The lowest BCUT2D eigenvalue weighted by atomic mass is 10.1. The van der Waals surface area contributed by atoms with Gasteiger partial charge in [0.05, 0.1) is 5.56 Å². The molecule has 1 aromatic carbocycles. The third-order valence-corrected chi connectivity index (χ3v) is 2.91.